The van der Waals surface area contributed by atoms with Crippen LogP contribution in [0.3, 0.4) is 0 Å². The fourth-order valence-electron chi connectivity index (χ4n) is 1.54. The Kier molecular flexibility index (Phi) is 4.22. The Morgan fingerprint density at radius 1 is 1.53 bits per heavy atom. The van der Waals surface area contributed by atoms with E-state index in [-0.39, 0.29) is 6.54 Å². The van der Waals surface area contributed by atoms with Crippen molar-refractivity contribution in [3.8, 4) is 6.07 Å². The number of aromatic nitrogens is 2. The number of aromatic amines is 1. The third kappa shape index (κ3) is 3.77. The molecule has 0 spiro atoms. The van der Waals surface area contributed by atoms with E-state index >= 15 is 0 Å². The molecule has 0 amide bonds. The van der Waals surface area contributed by atoms with Crippen LogP contribution in [-0.2, 0) is 6.54 Å². The maximum atomic E-state index is 11.5. The Labute approximate surface area is 108 Å². The summed E-state index contributed by atoms with van der Waals surface area (Å²) in [5, 5.41) is 19.4. The molecule has 1 aromatic rings. The summed E-state index contributed by atoms with van der Waals surface area (Å²) < 4.78 is 1.08. The van der Waals surface area contributed by atoms with E-state index in [1.54, 1.807) is 13.8 Å². The average Bonchev–Trinajstić information content (AvgIpc) is 2.31. The molecule has 0 aliphatic heterocycles. The first-order valence-electron chi connectivity index (χ1n) is 5.66. The number of H-pyrrole nitrogens is 1. The van der Waals surface area contributed by atoms with Crippen LogP contribution >= 0.6 is 0 Å². The molecule has 8 heteroatoms. The van der Waals surface area contributed by atoms with Crippen LogP contribution < -0.4 is 11.2 Å². The molecule has 1 heterocycles. The molecule has 0 bridgehead atoms. The van der Waals surface area contributed by atoms with Gasteiger partial charge in [0.15, 0.2) is 0 Å². The van der Waals surface area contributed by atoms with E-state index in [2.05, 4.69) is 6.07 Å². The molecule has 102 valence electrons. The highest BCUT2D eigenvalue weighted by Gasteiger charge is 2.17. The molecule has 0 atom stereocenters. The predicted octanol–water partition coefficient (Wildman–Crippen LogP) is 0.775. The van der Waals surface area contributed by atoms with Crippen molar-refractivity contribution in [1.29, 1.82) is 5.26 Å². The Morgan fingerprint density at radius 2 is 2.16 bits per heavy atom. The van der Waals surface area contributed by atoms with Crippen LogP contribution in [0, 0.1) is 26.9 Å². The van der Waals surface area contributed by atoms with Crippen LogP contribution in [0.4, 0.5) is 5.69 Å². The SMILES string of the molecule is CC(C)(C#N)CCCn1cc([N+](=O)[O-])c(=O)[nH]c1=O. The van der Waals surface area contributed by atoms with Crippen molar-refractivity contribution in [3.63, 3.8) is 0 Å². The quantitative estimate of drug-likeness (QED) is 0.623. The van der Waals surface area contributed by atoms with Crippen molar-refractivity contribution in [2.75, 3.05) is 0 Å². The van der Waals surface area contributed by atoms with Gasteiger partial charge in [0, 0.05) is 6.54 Å². The molecule has 0 saturated heterocycles. The zero-order chi connectivity index (χ0) is 14.6. The molecule has 0 aliphatic rings. The minimum atomic E-state index is -1.01. The van der Waals surface area contributed by atoms with Gasteiger partial charge in [-0.1, -0.05) is 0 Å². The lowest BCUT2D eigenvalue weighted by Crippen LogP contribution is -2.31. The molecule has 0 radical (unpaired) electrons. The van der Waals surface area contributed by atoms with Crippen LogP contribution in [0.1, 0.15) is 26.7 Å². The standard InChI is InChI=1S/C11H14N4O4/c1-11(2,7-12)4-3-5-14-6-8(15(18)19)9(16)13-10(14)17/h6H,3-5H2,1-2H3,(H,13,16,17). The first kappa shape index (κ1) is 14.6. The van der Waals surface area contributed by atoms with Gasteiger partial charge in [-0.2, -0.15) is 5.26 Å². The number of nitrogens with zero attached hydrogens (tertiary/aromatic N) is 3. The van der Waals surface area contributed by atoms with Crippen molar-refractivity contribution < 1.29 is 4.92 Å². The highest BCUT2D eigenvalue weighted by molar-refractivity contribution is 5.20. The largest absolute Gasteiger partial charge is 0.350 e. The molecule has 1 rings (SSSR count). The molecular formula is C11H14N4O4. The third-order valence-corrected chi connectivity index (χ3v) is 2.69. The molecule has 0 saturated carbocycles. The zero-order valence-electron chi connectivity index (χ0n) is 10.7. The van der Waals surface area contributed by atoms with E-state index in [1.165, 1.54) is 0 Å². The molecular weight excluding hydrogens is 252 g/mol. The summed E-state index contributed by atoms with van der Waals surface area (Å²) in [6.07, 6.45) is 1.98. The predicted molar refractivity (Wildman–Crippen MR) is 66.6 cm³/mol. The monoisotopic (exact) mass is 266 g/mol. The first-order valence-corrected chi connectivity index (χ1v) is 5.66. The molecule has 0 unspecified atom stereocenters. The molecule has 1 N–H and O–H groups in total. The van der Waals surface area contributed by atoms with Gasteiger partial charge >= 0.3 is 16.9 Å². The van der Waals surface area contributed by atoms with Crippen LogP contribution in [0.2, 0.25) is 0 Å². The van der Waals surface area contributed by atoms with Gasteiger partial charge in [0.2, 0.25) is 0 Å². The average molecular weight is 266 g/mol. The van der Waals surface area contributed by atoms with E-state index in [4.69, 9.17) is 5.26 Å². The van der Waals surface area contributed by atoms with E-state index in [0.29, 0.717) is 12.8 Å². The smallest absolute Gasteiger partial charge is 0.294 e. The molecule has 1 aromatic heterocycles. The Hall–Kier alpha value is -2.43. The van der Waals surface area contributed by atoms with Gasteiger partial charge in [0.05, 0.1) is 22.6 Å². The number of nitriles is 1. The minimum Gasteiger partial charge on any atom is -0.294 e. The minimum absolute atomic E-state index is 0.210. The second-order valence-corrected chi connectivity index (χ2v) is 4.82. The summed E-state index contributed by atoms with van der Waals surface area (Å²) in [7, 11) is 0. The maximum absolute atomic E-state index is 11.5. The van der Waals surface area contributed by atoms with E-state index in [1.807, 2.05) is 4.98 Å². The van der Waals surface area contributed by atoms with Crippen molar-refractivity contribution in [2.24, 2.45) is 5.41 Å². The molecule has 8 nitrogen and oxygen atoms in total. The van der Waals surface area contributed by atoms with Crippen molar-refractivity contribution in [3.05, 3.63) is 37.1 Å². The highest BCUT2D eigenvalue weighted by atomic mass is 16.6. The van der Waals surface area contributed by atoms with E-state index in [0.717, 1.165) is 10.8 Å². The fourth-order valence-corrected chi connectivity index (χ4v) is 1.54. The molecule has 0 aliphatic carbocycles. The van der Waals surface area contributed by atoms with Crippen molar-refractivity contribution >= 4 is 5.69 Å². The Balaban J connectivity index is 2.89. The summed E-state index contributed by atoms with van der Waals surface area (Å²) >= 11 is 0. The maximum Gasteiger partial charge on any atom is 0.350 e. The fraction of sp³-hybridized carbons (Fsp3) is 0.545. The highest BCUT2D eigenvalue weighted by Crippen LogP contribution is 2.20. The first-order chi connectivity index (χ1) is 8.76. The van der Waals surface area contributed by atoms with Crippen LogP contribution in [0.15, 0.2) is 15.8 Å². The zero-order valence-corrected chi connectivity index (χ0v) is 10.7. The summed E-state index contributed by atoms with van der Waals surface area (Å²) in [6, 6.07) is 2.13. The number of nitro groups is 1. The van der Waals surface area contributed by atoms with Crippen molar-refractivity contribution in [2.45, 2.75) is 33.2 Å². The Bertz CT molecular complexity index is 635. The molecule has 0 aromatic carbocycles. The number of nitrogens with one attached hydrogen (secondary N) is 1. The summed E-state index contributed by atoms with van der Waals surface area (Å²) in [4.78, 5) is 34.3. The summed E-state index contributed by atoms with van der Waals surface area (Å²) in [5.41, 5.74) is -2.88. The second kappa shape index (κ2) is 5.48. The number of hydrogen-bond acceptors (Lipinski definition) is 5. The molecule has 0 fully saturated rings. The van der Waals surface area contributed by atoms with Gasteiger partial charge < -0.3 is 0 Å². The lowest BCUT2D eigenvalue weighted by molar-refractivity contribution is -0.386. The lowest BCUT2D eigenvalue weighted by Gasteiger charge is -2.14. The summed E-state index contributed by atoms with van der Waals surface area (Å²) in [5.74, 6) is 0. The number of hydrogen-bond donors (Lipinski definition) is 1. The van der Waals surface area contributed by atoms with Gasteiger partial charge in [0.1, 0.15) is 0 Å². The van der Waals surface area contributed by atoms with E-state index < -0.39 is 27.3 Å². The topological polar surface area (TPSA) is 122 Å². The Morgan fingerprint density at radius 3 is 2.68 bits per heavy atom. The van der Waals surface area contributed by atoms with Crippen LogP contribution in [0.25, 0.3) is 0 Å². The van der Waals surface area contributed by atoms with Crippen LogP contribution in [0.5, 0.6) is 0 Å². The van der Waals surface area contributed by atoms with Gasteiger partial charge in [-0.05, 0) is 26.7 Å². The van der Waals surface area contributed by atoms with Gasteiger partial charge in [-0.3, -0.25) is 24.5 Å². The normalized spacial score (nSPS) is 11.0. The number of aryl methyl sites for hydroxylation is 1. The van der Waals surface area contributed by atoms with E-state index in [9.17, 15) is 19.7 Å². The summed E-state index contributed by atoms with van der Waals surface area (Å²) in [6.45, 7) is 3.75. The molecule has 19 heavy (non-hydrogen) atoms. The number of rotatable bonds is 5. The van der Waals surface area contributed by atoms with Crippen LogP contribution in [-0.4, -0.2) is 14.5 Å². The van der Waals surface area contributed by atoms with Gasteiger partial charge in [0.25, 0.3) is 0 Å². The van der Waals surface area contributed by atoms with Gasteiger partial charge in [-0.15, -0.1) is 0 Å². The lowest BCUT2D eigenvalue weighted by atomic mass is 9.90. The third-order valence-electron chi connectivity index (χ3n) is 2.69. The second-order valence-electron chi connectivity index (χ2n) is 4.82. The van der Waals surface area contributed by atoms with Gasteiger partial charge in [-0.25, -0.2) is 4.79 Å². The van der Waals surface area contributed by atoms with Crippen molar-refractivity contribution in [1.82, 2.24) is 9.55 Å².